The standard InChI is InChI=1S/C14H18N2O2/c17-14(15-9-4-5-10-15)16-13(8-11-18-16)12-6-2-1-3-7-12/h1-3,6-7,13H,4-5,8-11H2. The number of likely N-dealkylation sites (tertiary alicyclic amines) is 1. The smallest absolute Gasteiger partial charge is 0.323 e. The predicted octanol–water partition coefficient (Wildman–Crippen LogP) is 2.58. The molecule has 2 aliphatic rings. The Bertz CT molecular complexity index is 415. The summed E-state index contributed by atoms with van der Waals surface area (Å²) in [6.07, 6.45) is 3.09. The molecule has 1 aromatic rings. The van der Waals surface area contributed by atoms with Crippen LogP contribution in [0.4, 0.5) is 4.79 Å². The van der Waals surface area contributed by atoms with Gasteiger partial charge in [-0.15, -0.1) is 0 Å². The quantitative estimate of drug-likeness (QED) is 0.763. The van der Waals surface area contributed by atoms with Crippen LogP contribution in [-0.4, -0.2) is 35.7 Å². The van der Waals surface area contributed by atoms with E-state index in [1.807, 2.05) is 23.1 Å². The lowest BCUT2D eigenvalue weighted by Crippen LogP contribution is -2.40. The molecule has 0 radical (unpaired) electrons. The third-order valence-corrected chi connectivity index (χ3v) is 3.65. The molecule has 18 heavy (non-hydrogen) atoms. The van der Waals surface area contributed by atoms with Crippen LogP contribution in [0, 0.1) is 0 Å². The van der Waals surface area contributed by atoms with Crippen molar-refractivity contribution in [2.45, 2.75) is 25.3 Å². The summed E-state index contributed by atoms with van der Waals surface area (Å²) in [4.78, 5) is 19.8. The molecule has 0 aliphatic carbocycles. The van der Waals surface area contributed by atoms with Crippen molar-refractivity contribution in [2.24, 2.45) is 0 Å². The van der Waals surface area contributed by atoms with E-state index in [0.717, 1.165) is 37.9 Å². The van der Waals surface area contributed by atoms with Gasteiger partial charge in [0.1, 0.15) is 0 Å². The van der Waals surface area contributed by atoms with Gasteiger partial charge in [-0.1, -0.05) is 30.3 Å². The summed E-state index contributed by atoms with van der Waals surface area (Å²) >= 11 is 0. The number of nitrogens with zero attached hydrogens (tertiary/aromatic N) is 2. The van der Waals surface area contributed by atoms with Gasteiger partial charge >= 0.3 is 6.03 Å². The second-order valence-corrected chi connectivity index (χ2v) is 4.85. The van der Waals surface area contributed by atoms with Crippen LogP contribution < -0.4 is 0 Å². The van der Waals surface area contributed by atoms with E-state index in [2.05, 4.69) is 12.1 Å². The summed E-state index contributed by atoms with van der Waals surface area (Å²) in [6, 6.07) is 10.2. The molecule has 0 N–H and O–H groups in total. The number of benzene rings is 1. The molecule has 1 unspecified atom stereocenters. The highest BCUT2D eigenvalue weighted by molar-refractivity contribution is 5.74. The molecule has 2 saturated heterocycles. The van der Waals surface area contributed by atoms with E-state index < -0.39 is 0 Å². The largest absolute Gasteiger partial charge is 0.344 e. The van der Waals surface area contributed by atoms with Gasteiger partial charge < -0.3 is 4.90 Å². The van der Waals surface area contributed by atoms with Gasteiger partial charge in [0.25, 0.3) is 0 Å². The van der Waals surface area contributed by atoms with Crippen LogP contribution in [0.1, 0.15) is 30.9 Å². The molecular formula is C14H18N2O2. The molecule has 3 rings (SSSR count). The van der Waals surface area contributed by atoms with Crippen molar-refractivity contribution in [3.05, 3.63) is 35.9 Å². The first kappa shape index (κ1) is 11.5. The fraction of sp³-hybridized carbons (Fsp3) is 0.500. The van der Waals surface area contributed by atoms with Gasteiger partial charge in [0, 0.05) is 19.5 Å². The molecule has 0 bridgehead atoms. The van der Waals surface area contributed by atoms with Gasteiger partial charge in [0.15, 0.2) is 0 Å². The highest BCUT2D eigenvalue weighted by atomic mass is 16.7. The molecule has 1 aromatic carbocycles. The zero-order valence-electron chi connectivity index (χ0n) is 10.4. The molecule has 0 saturated carbocycles. The molecular weight excluding hydrogens is 228 g/mol. The molecule has 4 heteroatoms. The molecule has 0 aromatic heterocycles. The highest BCUT2D eigenvalue weighted by Gasteiger charge is 2.35. The number of hydrogen-bond donors (Lipinski definition) is 0. The van der Waals surface area contributed by atoms with Crippen LogP contribution in [0.15, 0.2) is 30.3 Å². The van der Waals surface area contributed by atoms with E-state index in [0.29, 0.717) is 6.61 Å². The van der Waals surface area contributed by atoms with Gasteiger partial charge in [-0.25, -0.2) is 4.79 Å². The minimum absolute atomic E-state index is 0.0267. The Labute approximate surface area is 107 Å². The van der Waals surface area contributed by atoms with Gasteiger partial charge in [0.2, 0.25) is 0 Å². The summed E-state index contributed by atoms with van der Waals surface area (Å²) in [7, 11) is 0. The summed E-state index contributed by atoms with van der Waals surface area (Å²) in [6.45, 7) is 2.35. The minimum Gasteiger partial charge on any atom is -0.323 e. The lowest BCUT2D eigenvalue weighted by molar-refractivity contribution is -0.0966. The van der Waals surface area contributed by atoms with Crippen LogP contribution in [0.5, 0.6) is 0 Å². The van der Waals surface area contributed by atoms with Gasteiger partial charge in [0.05, 0.1) is 12.6 Å². The fourth-order valence-electron chi connectivity index (χ4n) is 2.68. The Kier molecular flexibility index (Phi) is 3.19. The number of carbonyl (C=O) groups excluding carboxylic acids is 1. The van der Waals surface area contributed by atoms with E-state index in [1.54, 1.807) is 5.06 Å². The maximum atomic E-state index is 12.4. The molecule has 0 spiro atoms. The van der Waals surface area contributed by atoms with Crippen molar-refractivity contribution in [1.29, 1.82) is 0 Å². The zero-order chi connectivity index (χ0) is 12.4. The summed E-state index contributed by atoms with van der Waals surface area (Å²) in [5.74, 6) is 0. The fourth-order valence-corrected chi connectivity index (χ4v) is 2.68. The molecule has 2 fully saturated rings. The Morgan fingerprint density at radius 3 is 2.61 bits per heavy atom. The van der Waals surface area contributed by atoms with Crippen LogP contribution in [-0.2, 0) is 4.84 Å². The number of rotatable bonds is 1. The number of amides is 2. The highest BCUT2D eigenvalue weighted by Crippen LogP contribution is 2.31. The van der Waals surface area contributed by atoms with E-state index in [9.17, 15) is 4.79 Å². The molecule has 4 nitrogen and oxygen atoms in total. The van der Waals surface area contributed by atoms with Gasteiger partial charge in [-0.3, -0.25) is 4.84 Å². The third-order valence-electron chi connectivity index (χ3n) is 3.65. The van der Waals surface area contributed by atoms with Crippen LogP contribution in [0.2, 0.25) is 0 Å². The Morgan fingerprint density at radius 2 is 1.89 bits per heavy atom. The Morgan fingerprint density at radius 1 is 1.17 bits per heavy atom. The number of hydroxylamine groups is 2. The minimum atomic E-state index is 0.0267. The molecule has 1 atom stereocenters. The number of urea groups is 1. The first-order valence-corrected chi connectivity index (χ1v) is 6.62. The van der Waals surface area contributed by atoms with E-state index >= 15 is 0 Å². The van der Waals surface area contributed by atoms with Crippen LogP contribution in [0.25, 0.3) is 0 Å². The summed E-state index contributed by atoms with van der Waals surface area (Å²) in [5.41, 5.74) is 1.16. The first-order chi connectivity index (χ1) is 8.86. The molecule has 2 aliphatic heterocycles. The normalized spacial score (nSPS) is 23.7. The van der Waals surface area contributed by atoms with E-state index in [-0.39, 0.29) is 12.1 Å². The maximum absolute atomic E-state index is 12.4. The lowest BCUT2D eigenvalue weighted by atomic mass is 10.1. The van der Waals surface area contributed by atoms with Gasteiger partial charge in [-0.05, 0) is 18.4 Å². The van der Waals surface area contributed by atoms with Crippen molar-refractivity contribution >= 4 is 6.03 Å². The maximum Gasteiger partial charge on any atom is 0.344 e. The van der Waals surface area contributed by atoms with Crippen LogP contribution in [0.3, 0.4) is 0 Å². The predicted molar refractivity (Wildman–Crippen MR) is 67.8 cm³/mol. The Hall–Kier alpha value is -1.55. The second kappa shape index (κ2) is 4.98. The monoisotopic (exact) mass is 246 g/mol. The SMILES string of the molecule is O=C(N1CCCC1)N1OCCC1c1ccccc1. The van der Waals surface area contributed by atoms with Crippen LogP contribution >= 0.6 is 0 Å². The third kappa shape index (κ3) is 2.08. The van der Waals surface area contributed by atoms with Crippen molar-refractivity contribution in [3.8, 4) is 0 Å². The average Bonchev–Trinajstić information content (AvgIpc) is 3.10. The number of carbonyl (C=O) groups is 1. The summed E-state index contributed by atoms with van der Waals surface area (Å²) < 4.78 is 0. The van der Waals surface area contributed by atoms with E-state index in [1.165, 1.54) is 0 Å². The van der Waals surface area contributed by atoms with Gasteiger partial charge in [-0.2, -0.15) is 5.06 Å². The lowest BCUT2D eigenvalue weighted by Gasteiger charge is -2.27. The molecule has 96 valence electrons. The Balaban J connectivity index is 1.77. The average molecular weight is 246 g/mol. The van der Waals surface area contributed by atoms with E-state index in [4.69, 9.17) is 4.84 Å². The topological polar surface area (TPSA) is 32.8 Å². The summed E-state index contributed by atoms with van der Waals surface area (Å²) in [5, 5.41) is 1.57. The first-order valence-electron chi connectivity index (χ1n) is 6.62. The van der Waals surface area contributed by atoms with Crippen molar-refractivity contribution in [2.75, 3.05) is 19.7 Å². The second-order valence-electron chi connectivity index (χ2n) is 4.85. The van der Waals surface area contributed by atoms with Crippen molar-refractivity contribution < 1.29 is 9.63 Å². The number of hydrogen-bond acceptors (Lipinski definition) is 2. The van der Waals surface area contributed by atoms with Crippen molar-refractivity contribution in [3.63, 3.8) is 0 Å². The van der Waals surface area contributed by atoms with Crippen molar-refractivity contribution in [1.82, 2.24) is 9.96 Å². The molecule has 2 amide bonds. The zero-order valence-corrected chi connectivity index (χ0v) is 10.4. The molecule has 2 heterocycles.